The molecule has 1 saturated heterocycles. The van der Waals surface area contributed by atoms with Gasteiger partial charge in [0.2, 0.25) is 0 Å². The molecule has 1 aliphatic carbocycles. The van der Waals surface area contributed by atoms with Gasteiger partial charge in [-0.3, -0.25) is 4.90 Å². The van der Waals surface area contributed by atoms with Crippen LogP contribution in [0.2, 0.25) is 0 Å². The minimum absolute atomic E-state index is 0.0510. The van der Waals surface area contributed by atoms with Gasteiger partial charge in [-0.1, -0.05) is 48.5 Å². The number of carboxylic acid groups (broad SMARTS) is 2. The second kappa shape index (κ2) is 13.9. The lowest BCUT2D eigenvalue weighted by Gasteiger charge is -2.26. The summed E-state index contributed by atoms with van der Waals surface area (Å²) in [5.74, 6) is -3.85. The standard InChI is InChI=1S/C25H30N2O5.C2HF3O2/c28-24(29)23(11-5-6-12-27-13-15-31-16-14-27)26-25(30)32-17-22-20-9-3-1-7-18(20)19-8-2-4-10-21(19)22;3-2(4,5)1(6)7/h1-4,7-10,22-23H,5-6,11-17H2,(H,26,30)(H,28,29);(H,6,7). The predicted molar refractivity (Wildman–Crippen MR) is 134 cm³/mol. The highest BCUT2D eigenvalue weighted by molar-refractivity contribution is 5.81. The Morgan fingerprint density at radius 1 is 0.974 bits per heavy atom. The number of morpholine rings is 1. The number of unbranched alkanes of at least 4 members (excludes halogenated alkanes) is 1. The van der Waals surface area contributed by atoms with E-state index in [2.05, 4.69) is 34.5 Å². The number of hydrogen-bond donors (Lipinski definition) is 3. The number of halogens is 3. The number of fused-ring (bicyclic) bond motifs is 3. The van der Waals surface area contributed by atoms with Gasteiger partial charge in [-0.15, -0.1) is 0 Å². The lowest BCUT2D eigenvalue weighted by atomic mass is 9.98. The summed E-state index contributed by atoms with van der Waals surface area (Å²) < 4.78 is 42.6. The second-order valence-electron chi connectivity index (χ2n) is 9.11. The lowest BCUT2D eigenvalue weighted by Crippen LogP contribution is -2.41. The maximum absolute atomic E-state index is 12.4. The van der Waals surface area contributed by atoms with E-state index in [0.717, 1.165) is 67.9 Å². The van der Waals surface area contributed by atoms with Crippen molar-refractivity contribution in [2.45, 2.75) is 37.4 Å². The predicted octanol–water partition coefficient (Wildman–Crippen LogP) is 4.11. The highest BCUT2D eigenvalue weighted by Gasteiger charge is 2.38. The van der Waals surface area contributed by atoms with Gasteiger partial charge in [0.1, 0.15) is 12.6 Å². The Bertz CT molecular complexity index is 1090. The van der Waals surface area contributed by atoms with Crippen molar-refractivity contribution in [3.63, 3.8) is 0 Å². The van der Waals surface area contributed by atoms with E-state index < -0.39 is 30.2 Å². The van der Waals surface area contributed by atoms with Crippen LogP contribution in [0.4, 0.5) is 18.0 Å². The molecule has 1 atom stereocenters. The maximum Gasteiger partial charge on any atom is 0.490 e. The van der Waals surface area contributed by atoms with Crippen molar-refractivity contribution in [1.82, 2.24) is 10.2 Å². The number of carbonyl (C=O) groups excluding carboxylic acids is 1. The summed E-state index contributed by atoms with van der Waals surface area (Å²) in [7, 11) is 0. The molecule has 2 aromatic rings. The largest absolute Gasteiger partial charge is 0.490 e. The number of ether oxygens (including phenoxy) is 2. The number of rotatable bonds is 9. The average molecular weight is 553 g/mol. The number of benzene rings is 2. The molecule has 12 heteroatoms. The molecule has 3 N–H and O–H groups in total. The van der Waals surface area contributed by atoms with Crippen LogP contribution in [0.25, 0.3) is 11.1 Å². The van der Waals surface area contributed by atoms with Crippen molar-refractivity contribution < 1.29 is 47.2 Å². The number of nitrogens with one attached hydrogen (secondary N) is 1. The monoisotopic (exact) mass is 552 g/mol. The first-order valence-electron chi connectivity index (χ1n) is 12.5. The van der Waals surface area contributed by atoms with Crippen LogP contribution in [-0.4, -0.2) is 84.8 Å². The third-order valence-electron chi connectivity index (χ3n) is 6.50. The number of hydrogen-bond acceptors (Lipinski definition) is 6. The lowest BCUT2D eigenvalue weighted by molar-refractivity contribution is -0.192. The zero-order chi connectivity index (χ0) is 28.4. The molecule has 4 rings (SSSR count). The van der Waals surface area contributed by atoms with Crippen LogP contribution >= 0.6 is 0 Å². The zero-order valence-electron chi connectivity index (χ0n) is 21.2. The van der Waals surface area contributed by atoms with Crippen LogP contribution < -0.4 is 5.32 Å². The molecular formula is C27H31F3N2O7. The number of nitrogens with zero attached hydrogens (tertiary/aromatic N) is 1. The van der Waals surface area contributed by atoms with Gasteiger partial charge in [0.25, 0.3) is 0 Å². The summed E-state index contributed by atoms with van der Waals surface area (Å²) in [6, 6.07) is 15.3. The second-order valence-corrected chi connectivity index (χ2v) is 9.11. The first-order valence-corrected chi connectivity index (χ1v) is 12.5. The summed E-state index contributed by atoms with van der Waals surface area (Å²) in [4.78, 5) is 35.2. The quantitative estimate of drug-likeness (QED) is 0.397. The molecule has 0 spiro atoms. The summed E-state index contributed by atoms with van der Waals surface area (Å²) >= 11 is 0. The summed E-state index contributed by atoms with van der Waals surface area (Å²) in [5, 5.41) is 19.2. The number of aliphatic carboxylic acids is 2. The SMILES string of the molecule is O=C(NC(CCCCN1CCOCC1)C(=O)O)OCC1c2ccccc2-c2ccccc21.O=C(O)C(F)(F)F. The Morgan fingerprint density at radius 2 is 1.51 bits per heavy atom. The Balaban J connectivity index is 0.000000532. The molecule has 2 aromatic carbocycles. The molecule has 9 nitrogen and oxygen atoms in total. The minimum Gasteiger partial charge on any atom is -0.480 e. The zero-order valence-corrected chi connectivity index (χ0v) is 21.2. The highest BCUT2D eigenvalue weighted by atomic mass is 19.4. The molecule has 1 fully saturated rings. The van der Waals surface area contributed by atoms with Crippen LogP contribution in [-0.2, 0) is 19.1 Å². The maximum atomic E-state index is 12.4. The average Bonchev–Trinajstić information content (AvgIpc) is 3.23. The fraction of sp³-hybridized carbons (Fsp3) is 0.444. The Kier molecular flexibility index (Phi) is 10.7. The van der Waals surface area contributed by atoms with Gasteiger partial charge in [-0.05, 0) is 48.1 Å². The number of carbonyl (C=O) groups is 3. The van der Waals surface area contributed by atoms with Crippen LogP contribution in [0, 0.1) is 0 Å². The molecule has 0 aromatic heterocycles. The van der Waals surface area contributed by atoms with Crippen molar-refractivity contribution in [2.24, 2.45) is 0 Å². The van der Waals surface area contributed by atoms with Gasteiger partial charge in [-0.25, -0.2) is 14.4 Å². The van der Waals surface area contributed by atoms with E-state index in [9.17, 15) is 27.9 Å². The van der Waals surface area contributed by atoms with E-state index in [4.69, 9.17) is 19.4 Å². The van der Waals surface area contributed by atoms with Gasteiger partial charge < -0.3 is 25.0 Å². The number of amides is 1. The third kappa shape index (κ3) is 8.69. The van der Waals surface area contributed by atoms with Crippen molar-refractivity contribution in [3.8, 4) is 11.1 Å². The van der Waals surface area contributed by atoms with Crippen LogP contribution in [0.15, 0.2) is 48.5 Å². The fourth-order valence-electron chi connectivity index (χ4n) is 4.55. The summed E-state index contributed by atoms with van der Waals surface area (Å²) in [6.07, 6.45) is -3.79. The van der Waals surface area contributed by atoms with E-state index in [-0.39, 0.29) is 12.5 Å². The molecule has 1 aliphatic heterocycles. The number of alkyl carbamates (subject to hydrolysis) is 1. The Morgan fingerprint density at radius 3 is 2.03 bits per heavy atom. The van der Waals surface area contributed by atoms with Crippen LogP contribution in [0.5, 0.6) is 0 Å². The number of carboxylic acids is 2. The molecule has 39 heavy (non-hydrogen) atoms. The summed E-state index contributed by atoms with van der Waals surface area (Å²) in [6.45, 7) is 4.42. The van der Waals surface area contributed by atoms with E-state index in [1.807, 2.05) is 24.3 Å². The van der Waals surface area contributed by atoms with E-state index >= 15 is 0 Å². The van der Waals surface area contributed by atoms with Crippen molar-refractivity contribution in [3.05, 3.63) is 59.7 Å². The third-order valence-corrected chi connectivity index (χ3v) is 6.50. The van der Waals surface area contributed by atoms with E-state index in [1.165, 1.54) is 0 Å². The van der Waals surface area contributed by atoms with Crippen molar-refractivity contribution >= 4 is 18.0 Å². The molecule has 2 aliphatic rings. The Hall–Kier alpha value is -3.64. The van der Waals surface area contributed by atoms with E-state index in [1.54, 1.807) is 0 Å². The molecule has 212 valence electrons. The molecular weight excluding hydrogens is 521 g/mol. The molecule has 1 heterocycles. The molecule has 0 radical (unpaired) electrons. The van der Waals surface area contributed by atoms with Gasteiger partial charge in [-0.2, -0.15) is 13.2 Å². The topological polar surface area (TPSA) is 125 Å². The smallest absolute Gasteiger partial charge is 0.480 e. The normalized spacial score (nSPS) is 15.8. The minimum atomic E-state index is -5.08. The molecule has 1 amide bonds. The molecule has 0 bridgehead atoms. The number of alkyl halides is 3. The van der Waals surface area contributed by atoms with Crippen molar-refractivity contribution in [1.29, 1.82) is 0 Å². The van der Waals surface area contributed by atoms with Crippen molar-refractivity contribution in [2.75, 3.05) is 39.5 Å². The fourth-order valence-corrected chi connectivity index (χ4v) is 4.55. The van der Waals surface area contributed by atoms with Gasteiger partial charge in [0, 0.05) is 19.0 Å². The Labute approximate surface area is 223 Å². The van der Waals surface area contributed by atoms with Gasteiger partial charge in [0.15, 0.2) is 0 Å². The first kappa shape index (κ1) is 29.9. The molecule has 1 unspecified atom stereocenters. The highest BCUT2D eigenvalue weighted by Crippen LogP contribution is 2.44. The van der Waals surface area contributed by atoms with Gasteiger partial charge >= 0.3 is 24.2 Å². The first-order chi connectivity index (χ1) is 18.6. The molecule has 0 saturated carbocycles. The van der Waals surface area contributed by atoms with Gasteiger partial charge in [0.05, 0.1) is 13.2 Å². The van der Waals surface area contributed by atoms with Crippen LogP contribution in [0.1, 0.15) is 36.3 Å². The summed E-state index contributed by atoms with van der Waals surface area (Å²) in [5.41, 5.74) is 4.56. The van der Waals surface area contributed by atoms with Crippen LogP contribution in [0.3, 0.4) is 0 Å². The van der Waals surface area contributed by atoms with E-state index in [0.29, 0.717) is 6.42 Å².